The number of hydrogen-bond donors (Lipinski definition) is 1. The molecule has 20 heavy (non-hydrogen) atoms. The largest absolute Gasteiger partial charge is 0.507 e. The van der Waals surface area contributed by atoms with E-state index in [1.807, 2.05) is 6.07 Å². The zero-order chi connectivity index (χ0) is 14.5. The van der Waals surface area contributed by atoms with Crippen LogP contribution in [0.2, 0.25) is 0 Å². The third kappa shape index (κ3) is 2.78. The highest BCUT2D eigenvalue weighted by atomic mass is 16.5. The highest BCUT2D eigenvalue weighted by Gasteiger charge is 2.12. The summed E-state index contributed by atoms with van der Waals surface area (Å²) in [6.45, 7) is 2.03. The van der Waals surface area contributed by atoms with Crippen molar-refractivity contribution in [3.05, 3.63) is 47.5 Å². The van der Waals surface area contributed by atoms with Crippen molar-refractivity contribution in [2.75, 3.05) is 6.61 Å². The number of aromatic nitrogens is 2. The third-order valence-corrected chi connectivity index (χ3v) is 2.73. The first-order valence-electron chi connectivity index (χ1n) is 6.08. The van der Waals surface area contributed by atoms with Gasteiger partial charge in [-0.2, -0.15) is 10.4 Å². The number of allylic oxidation sites excluding steroid dienone is 5. The van der Waals surface area contributed by atoms with Gasteiger partial charge in [-0.3, -0.25) is 0 Å². The number of aliphatic hydroxyl groups excluding tert-OH is 1. The van der Waals surface area contributed by atoms with E-state index < -0.39 is 5.97 Å². The molecule has 1 heterocycles. The minimum Gasteiger partial charge on any atom is -0.507 e. The van der Waals surface area contributed by atoms with Crippen LogP contribution in [0.4, 0.5) is 0 Å². The smallest absolute Gasteiger partial charge is 0.341 e. The van der Waals surface area contributed by atoms with Crippen LogP contribution in [0.15, 0.2) is 42.0 Å². The van der Waals surface area contributed by atoms with Crippen LogP contribution in [0, 0.1) is 11.3 Å². The SMILES string of the molecule is CCOC(=O)c1cnn(C2=CCC(C#N)=C(O)C=C2)c1. The predicted molar refractivity (Wildman–Crippen MR) is 71.5 cm³/mol. The first-order valence-corrected chi connectivity index (χ1v) is 6.08. The lowest BCUT2D eigenvalue weighted by Crippen LogP contribution is -2.03. The van der Waals surface area contributed by atoms with Gasteiger partial charge >= 0.3 is 5.97 Å². The Labute approximate surface area is 115 Å². The molecule has 0 radical (unpaired) electrons. The van der Waals surface area contributed by atoms with Gasteiger partial charge in [0.05, 0.1) is 35.7 Å². The Balaban J connectivity index is 2.23. The highest BCUT2D eigenvalue weighted by molar-refractivity contribution is 5.89. The van der Waals surface area contributed by atoms with Crippen molar-refractivity contribution < 1.29 is 14.6 Å². The summed E-state index contributed by atoms with van der Waals surface area (Å²) in [5.74, 6) is -0.493. The van der Waals surface area contributed by atoms with Crippen LogP contribution < -0.4 is 0 Å². The summed E-state index contributed by atoms with van der Waals surface area (Å²) >= 11 is 0. The average molecular weight is 271 g/mol. The molecule has 1 N–H and O–H groups in total. The van der Waals surface area contributed by atoms with Gasteiger partial charge in [0.25, 0.3) is 0 Å². The fourth-order valence-corrected chi connectivity index (χ4v) is 1.70. The van der Waals surface area contributed by atoms with E-state index in [1.165, 1.54) is 17.0 Å². The van der Waals surface area contributed by atoms with Gasteiger partial charge < -0.3 is 9.84 Å². The Kier molecular flexibility index (Phi) is 4.01. The van der Waals surface area contributed by atoms with Crippen molar-refractivity contribution in [2.24, 2.45) is 0 Å². The molecule has 1 aromatic rings. The number of nitriles is 1. The summed E-state index contributed by atoms with van der Waals surface area (Å²) < 4.78 is 6.38. The lowest BCUT2D eigenvalue weighted by atomic mass is 10.2. The van der Waals surface area contributed by atoms with Gasteiger partial charge in [0.1, 0.15) is 5.76 Å². The standard InChI is InChI=1S/C14H13N3O3/c1-2-20-14(19)11-8-16-17(9-11)12-4-3-10(7-15)13(18)6-5-12/h4-6,8-9,18H,2-3H2,1H3. The molecule has 0 saturated heterocycles. The van der Waals surface area contributed by atoms with Crippen LogP contribution >= 0.6 is 0 Å². The normalized spacial score (nSPS) is 14.5. The minimum atomic E-state index is -0.435. The second-order valence-electron chi connectivity index (χ2n) is 4.04. The Morgan fingerprint density at radius 3 is 3.10 bits per heavy atom. The quantitative estimate of drug-likeness (QED) is 0.851. The topological polar surface area (TPSA) is 88.1 Å². The molecule has 2 rings (SSSR count). The molecule has 1 aromatic heterocycles. The molecule has 0 spiro atoms. The monoisotopic (exact) mass is 271 g/mol. The first-order chi connectivity index (χ1) is 9.65. The number of carbonyl (C=O) groups excluding carboxylic acids is 1. The fraction of sp³-hybridized carbons (Fsp3) is 0.214. The van der Waals surface area contributed by atoms with Gasteiger partial charge in [-0.15, -0.1) is 0 Å². The number of esters is 1. The molecule has 0 fully saturated rings. The van der Waals surface area contributed by atoms with Crippen molar-refractivity contribution in [1.29, 1.82) is 5.26 Å². The number of hydrogen-bond acceptors (Lipinski definition) is 5. The molecular formula is C14H13N3O3. The number of aliphatic hydroxyl groups is 1. The summed E-state index contributed by atoms with van der Waals surface area (Å²) in [5.41, 5.74) is 1.30. The lowest BCUT2D eigenvalue weighted by molar-refractivity contribution is 0.0526. The first kappa shape index (κ1) is 13.6. The van der Waals surface area contributed by atoms with E-state index in [2.05, 4.69) is 5.10 Å². The van der Waals surface area contributed by atoms with Crippen LogP contribution in [0.25, 0.3) is 5.70 Å². The van der Waals surface area contributed by atoms with E-state index in [-0.39, 0.29) is 11.3 Å². The van der Waals surface area contributed by atoms with Crippen molar-refractivity contribution in [3.8, 4) is 6.07 Å². The molecule has 0 aromatic carbocycles. The van der Waals surface area contributed by atoms with E-state index >= 15 is 0 Å². The molecule has 0 bridgehead atoms. The number of nitrogens with zero attached hydrogens (tertiary/aromatic N) is 3. The van der Waals surface area contributed by atoms with Crippen LogP contribution in [0.1, 0.15) is 23.7 Å². The Morgan fingerprint density at radius 1 is 1.60 bits per heavy atom. The second kappa shape index (κ2) is 5.89. The van der Waals surface area contributed by atoms with Gasteiger partial charge in [0, 0.05) is 12.6 Å². The number of ether oxygens (including phenoxy) is 1. The van der Waals surface area contributed by atoms with E-state index in [0.717, 1.165) is 0 Å². The fourth-order valence-electron chi connectivity index (χ4n) is 1.70. The van der Waals surface area contributed by atoms with Crippen LogP contribution in [-0.2, 0) is 4.74 Å². The molecule has 0 atom stereocenters. The molecule has 0 aliphatic heterocycles. The van der Waals surface area contributed by atoms with Crippen LogP contribution in [0.3, 0.4) is 0 Å². The zero-order valence-corrected chi connectivity index (χ0v) is 10.9. The van der Waals surface area contributed by atoms with Crippen LogP contribution in [-0.4, -0.2) is 27.5 Å². The van der Waals surface area contributed by atoms with Gasteiger partial charge in [-0.05, 0) is 19.1 Å². The van der Waals surface area contributed by atoms with Gasteiger partial charge in [-0.25, -0.2) is 9.48 Å². The molecule has 1 aliphatic rings. The molecular weight excluding hydrogens is 258 g/mol. The maximum atomic E-state index is 11.6. The van der Waals surface area contributed by atoms with Crippen molar-refractivity contribution in [3.63, 3.8) is 0 Å². The summed E-state index contributed by atoms with van der Waals surface area (Å²) in [5, 5.41) is 22.5. The maximum Gasteiger partial charge on any atom is 0.341 e. The summed E-state index contributed by atoms with van der Waals surface area (Å²) in [4.78, 5) is 11.6. The predicted octanol–water partition coefficient (Wildman–Crippen LogP) is 2.20. The van der Waals surface area contributed by atoms with E-state index in [1.54, 1.807) is 25.3 Å². The zero-order valence-electron chi connectivity index (χ0n) is 10.9. The van der Waals surface area contributed by atoms with Crippen molar-refractivity contribution in [2.45, 2.75) is 13.3 Å². The van der Waals surface area contributed by atoms with Crippen LogP contribution in [0.5, 0.6) is 0 Å². The Hall–Kier alpha value is -2.81. The van der Waals surface area contributed by atoms with Crippen molar-refractivity contribution >= 4 is 11.7 Å². The van der Waals surface area contributed by atoms with Crippen molar-refractivity contribution in [1.82, 2.24) is 9.78 Å². The van der Waals surface area contributed by atoms with Gasteiger partial charge in [0.2, 0.25) is 0 Å². The lowest BCUT2D eigenvalue weighted by Gasteiger charge is -2.00. The maximum absolute atomic E-state index is 11.6. The number of carbonyl (C=O) groups is 1. The minimum absolute atomic E-state index is 0.0588. The summed E-state index contributed by atoms with van der Waals surface area (Å²) in [6.07, 6.45) is 8.07. The molecule has 0 amide bonds. The van der Waals surface area contributed by atoms with E-state index in [4.69, 9.17) is 10.00 Å². The molecule has 0 unspecified atom stereocenters. The molecule has 102 valence electrons. The van der Waals surface area contributed by atoms with Gasteiger partial charge in [0.15, 0.2) is 0 Å². The highest BCUT2D eigenvalue weighted by Crippen LogP contribution is 2.18. The molecule has 6 nitrogen and oxygen atoms in total. The summed E-state index contributed by atoms with van der Waals surface area (Å²) in [6, 6.07) is 1.94. The van der Waals surface area contributed by atoms with E-state index in [0.29, 0.717) is 24.3 Å². The van der Waals surface area contributed by atoms with Gasteiger partial charge in [-0.1, -0.05) is 6.08 Å². The molecule has 1 aliphatic carbocycles. The second-order valence-corrected chi connectivity index (χ2v) is 4.04. The summed E-state index contributed by atoms with van der Waals surface area (Å²) in [7, 11) is 0. The molecule has 0 saturated carbocycles. The third-order valence-electron chi connectivity index (χ3n) is 2.73. The average Bonchev–Trinajstić information content (AvgIpc) is 2.85. The van der Waals surface area contributed by atoms with E-state index in [9.17, 15) is 9.90 Å². The number of rotatable bonds is 3. The molecule has 6 heteroatoms. The Morgan fingerprint density at radius 2 is 2.40 bits per heavy atom. The Bertz CT molecular complexity index is 659.